The fourth-order valence-electron chi connectivity index (χ4n) is 2.76. The minimum absolute atomic E-state index is 0.134. The monoisotopic (exact) mass is 206 g/mol. The third-order valence-electron chi connectivity index (χ3n) is 3.49. The Kier molecular flexibility index (Phi) is 1.28. The van der Waals surface area contributed by atoms with Crippen LogP contribution in [0.2, 0.25) is 0 Å². The summed E-state index contributed by atoms with van der Waals surface area (Å²) in [7, 11) is 0. The molecule has 2 heteroatoms. The second-order valence-electron chi connectivity index (χ2n) is 4.24. The Balaban J connectivity index is 2.10. The van der Waals surface area contributed by atoms with Gasteiger partial charge in [-0.3, -0.25) is 4.99 Å². The summed E-state index contributed by atoms with van der Waals surface area (Å²) in [6, 6.07) is 8.35. The summed E-state index contributed by atoms with van der Waals surface area (Å²) in [4.78, 5) is 4.70. The molecule has 1 unspecified atom stereocenters. The zero-order valence-electron chi connectivity index (χ0n) is 8.64. The molecule has 16 heavy (non-hydrogen) atoms. The average molecular weight is 206 g/mol. The standard InChI is InChI=1S/C14H10N2/c1-2-5-11-10(4-1)14-8-9-15-12(14)6-3-7-13(14)16-11/h1-9,15H. The minimum Gasteiger partial charge on any atom is -0.364 e. The first kappa shape index (κ1) is 8.11. The fraction of sp³-hybridized carbons (Fsp3) is 0.0714. The van der Waals surface area contributed by atoms with Crippen LogP contribution in [0.1, 0.15) is 5.56 Å². The highest BCUT2D eigenvalue weighted by Crippen LogP contribution is 2.48. The van der Waals surface area contributed by atoms with Gasteiger partial charge in [-0.25, -0.2) is 0 Å². The normalized spacial score (nSPS) is 27.8. The molecule has 2 heterocycles. The van der Waals surface area contributed by atoms with Crippen LogP contribution in [0.5, 0.6) is 0 Å². The molecule has 0 radical (unpaired) electrons. The van der Waals surface area contributed by atoms with Crippen LogP contribution in [0.3, 0.4) is 0 Å². The maximum absolute atomic E-state index is 4.70. The van der Waals surface area contributed by atoms with E-state index in [-0.39, 0.29) is 5.41 Å². The Bertz CT molecular complexity index is 605. The summed E-state index contributed by atoms with van der Waals surface area (Å²) >= 11 is 0. The van der Waals surface area contributed by atoms with Crippen molar-refractivity contribution in [1.82, 2.24) is 5.32 Å². The van der Waals surface area contributed by atoms with Crippen LogP contribution >= 0.6 is 0 Å². The molecule has 2 nitrogen and oxygen atoms in total. The molecule has 1 aromatic rings. The van der Waals surface area contributed by atoms with E-state index in [1.165, 1.54) is 11.3 Å². The van der Waals surface area contributed by atoms with Crippen molar-refractivity contribution in [2.75, 3.05) is 0 Å². The largest absolute Gasteiger partial charge is 0.364 e. The average Bonchev–Trinajstić information content (AvgIpc) is 2.87. The smallest absolute Gasteiger partial charge is 0.0991 e. The van der Waals surface area contributed by atoms with Crippen LogP contribution in [0, 0.1) is 0 Å². The molecule has 76 valence electrons. The second-order valence-corrected chi connectivity index (χ2v) is 4.24. The number of benzene rings is 1. The second kappa shape index (κ2) is 2.53. The highest BCUT2D eigenvalue weighted by molar-refractivity contribution is 6.14. The first-order chi connectivity index (χ1) is 7.91. The first-order valence-corrected chi connectivity index (χ1v) is 5.43. The van der Waals surface area contributed by atoms with Gasteiger partial charge in [0.25, 0.3) is 0 Å². The maximum atomic E-state index is 4.70. The molecule has 0 aromatic heterocycles. The van der Waals surface area contributed by atoms with E-state index in [9.17, 15) is 0 Å². The van der Waals surface area contributed by atoms with E-state index in [4.69, 9.17) is 4.99 Å². The molecule has 0 fully saturated rings. The van der Waals surface area contributed by atoms with Gasteiger partial charge in [0, 0.05) is 5.70 Å². The molecule has 0 amide bonds. The Labute approximate surface area is 93.7 Å². The summed E-state index contributed by atoms with van der Waals surface area (Å²) in [5.74, 6) is 0. The van der Waals surface area contributed by atoms with E-state index in [0.717, 1.165) is 11.4 Å². The molecule has 0 saturated heterocycles. The van der Waals surface area contributed by atoms with E-state index in [1.54, 1.807) is 0 Å². The Morgan fingerprint density at radius 3 is 3.12 bits per heavy atom. The lowest BCUT2D eigenvalue weighted by molar-refractivity contribution is 0.842. The lowest BCUT2D eigenvalue weighted by Gasteiger charge is -2.27. The predicted molar refractivity (Wildman–Crippen MR) is 64.7 cm³/mol. The van der Waals surface area contributed by atoms with Crippen LogP contribution in [-0.2, 0) is 5.41 Å². The van der Waals surface area contributed by atoms with Crippen molar-refractivity contribution < 1.29 is 0 Å². The van der Waals surface area contributed by atoms with E-state index >= 15 is 0 Å². The Morgan fingerprint density at radius 2 is 2.12 bits per heavy atom. The highest BCUT2D eigenvalue weighted by atomic mass is 15.0. The van der Waals surface area contributed by atoms with Gasteiger partial charge in [-0.15, -0.1) is 0 Å². The maximum Gasteiger partial charge on any atom is 0.0991 e. The van der Waals surface area contributed by atoms with Gasteiger partial charge in [0.1, 0.15) is 0 Å². The first-order valence-electron chi connectivity index (χ1n) is 5.43. The van der Waals surface area contributed by atoms with Crippen molar-refractivity contribution in [3.63, 3.8) is 0 Å². The van der Waals surface area contributed by atoms with Gasteiger partial charge < -0.3 is 5.32 Å². The molecule has 1 N–H and O–H groups in total. The van der Waals surface area contributed by atoms with E-state index in [1.807, 2.05) is 12.3 Å². The zero-order chi connectivity index (χ0) is 10.6. The van der Waals surface area contributed by atoms with Gasteiger partial charge in [-0.05, 0) is 36.1 Å². The van der Waals surface area contributed by atoms with Crippen LogP contribution in [0.25, 0.3) is 0 Å². The summed E-state index contributed by atoms with van der Waals surface area (Å²) in [5.41, 5.74) is 4.56. The summed E-state index contributed by atoms with van der Waals surface area (Å²) in [5, 5.41) is 3.31. The van der Waals surface area contributed by atoms with Gasteiger partial charge in [-0.1, -0.05) is 24.3 Å². The number of para-hydroxylation sites is 1. The molecular weight excluding hydrogens is 196 g/mol. The molecule has 1 atom stereocenters. The number of nitrogens with one attached hydrogen (secondary N) is 1. The molecule has 1 aliphatic carbocycles. The van der Waals surface area contributed by atoms with Gasteiger partial charge in [0.2, 0.25) is 0 Å². The van der Waals surface area contributed by atoms with Crippen molar-refractivity contribution in [3.8, 4) is 0 Å². The summed E-state index contributed by atoms with van der Waals surface area (Å²) < 4.78 is 0. The molecule has 1 aromatic carbocycles. The van der Waals surface area contributed by atoms with E-state index in [0.29, 0.717) is 0 Å². The number of nitrogens with zero attached hydrogens (tertiary/aromatic N) is 1. The third-order valence-corrected chi connectivity index (χ3v) is 3.49. The molecule has 3 aliphatic rings. The van der Waals surface area contributed by atoms with Gasteiger partial charge in [0.15, 0.2) is 0 Å². The van der Waals surface area contributed by atoms with Crippen molar-refractivity contribution in [2.24, 2.45) is 4.99 Å². The third kappa shape index (κ3) is 0.735. The van der Waals surface area contributed by atoms with Crippen LogP contribution in [0.4, 0.5) is 5.69 Å². The van der Waals surface area contributed by atoms with Crippen molar-refractivity contribution >= 4 is 11.4 Å². The number of aliphatic imine (C=N–C) groups is 1. The minimum atomic E-state index is -0.134. The molecule has 0 bridgehead atoms. The Morgan fingerprint density at radius 1 is 1.19 bits per heavy atom. The van der Waals surface area contributed by atoms with Crippen molar-refractivity contribution in [2.45, 2.75) is 5.41 Å². The quantitative estimate of drug-likeness (QED) is 0.693. The number of hydrogen-bond acceptors (Lipinski definition) is 2. The SMILES string of the molecule is C1=CC2=Nc3ccccc3C23C=CNC3=C1. The number of fused-ring (bicyclic) bond motifs is 1. The molecule has 0 saturated carbocycles. The van der Waals surface area contributed by atoms with Gasteiger partial charge in [-0.2, -0.15) is 0 Å². The molecule has 4 rings (SSSR count). The number of hydrogen-bond donors (Lipinski definition) is 1. The molecule has 2 aliphatic heterocycles. The lowest BCUT2D eigenvalue weighted by Crippen LogP contribution is -2.34. The highest BCUT2D eigenvalue weighted by Gasteiger charge is 2.46. The zero-order valence-corrected chi connectivity index (χ0v) is 8.64. The van der Waals surface area contributed by atoms with Crippen LogP contribution in [0.15, 0.2) is 65.5 Å². The van der Waals surface area contributed by atoms with Crippen LogP contribution < -0.4 is 5.32 Å². The molecular formula is C14H10N2. The van der Waals surface area contributed by atoms with Crippen molar-refractivity contribution in [3.05, 3.63) is 66.0 Å². The summed E-state index contributed by atoms with van der Waals surface area (Å²) in [6.07, 6.45) is 10.5. The Hall–Kier alpha value is -2.09. The molecule has 1 spiro atoms. The predicted octanol–water partition coefficient (Wildman–Crippen LogP) is 2.58. The number of rotatable bonds is 0. The van der Waals surface area contributed by atoms with Gasteiger partial charge >= 0.3 is 0 Å². The van der Waals surface area contributed by atoms with E-state index < -0.39 is 0 Å². The summed E-state index contributed by atoms with van der Waals surface area (Å²) in [6.45, 7) is 0. The lowest BCUT2D eigenvalue weighted by atomic mass is 9.74. The topological polar surface area (TPSA) is 24.4 Å². The van der Waals surface area contributed by atoms with Crippen LogP contribution in [-0.4, -0.2) is 5.71 Å². The number of allylic oxidation sites excluding steroid dienone is 4. The fourth-order valence-corrected chi connectivity index (χ4v) is 2.76. The van der Waals surface area contributed by atoms with E-state index in [2.05, 4.69) is 47.8 Å². The van der Waals surface area contributed by atoms with Crippen molar-refractivity contribution in [1.29, 1.82) is 0 Å². The van der Waals surface area contributed by atoms with Gasteiger partial charge in [0.05, 0.1) is 16.8 Å².